The zero-order valence-corrected chi connectivity index (χ0v) is 23.6. The predicted octanol–water partition coefficient (Wildman–Crippen LogP) is 2.23. The maximum atomic E-state index is 12.6. The highest BCUT2D eigenvalue weighted by Gasteiger charge is 2.20. The van der Waals surface area contributed by atoms with E-state index in [1.165, 1.54) is 28.4 Å². The molecule has 222 valence electrons. The third-order valence-electron chi connectivity index (χ3n) is 5.81. The highest BCUT2D eigenvalue weighted by molar-refractivity contribution is 5.95. The minimum absolute atomic E-state index is 0.0938. The van der Waals surface area contributed by atoms with E-state index in [0.29, 0.717) is 35.1 Å². The second-order valence-electron chi connectivity index (χ2n) is 8.71. The Balaban J connectivity index is 2.04. The Morgan fingerprint density at radius 2 is 1.49 bits per heavy atom. The van der Waals surface area contributed by atoms with Gasteiger partial charge in [-0.05, 0) is 48.2 Å². The molecule has 0 saturated heterocycles. The number of ether oxygens (including phenoxy) is 4. The fourth-order valence-corrected chi connectivity index (χ4v) is 3.78. The van der Waals surface area contributed by atoms with Crippen molar-refractivity contribution >= 4 is 41.6 Å². The summed E-state index contributed by atoms with van der Waals surface area (Å²) in [7, 11) is 6.08. The summed E-state index contributed by atoms with van der Waals surface area (Å²) in [6, 6.07) is 7.73. The van der Waals surface area contributed by atoms with Gasteiger partial charge in [0.2, 0.25) is 17.6 Å². The van der Waals surface area contributed by atoms with Crippen molar-refractivity contribution in [2.24, 2.45) is 16.5 Å². The Morgan fingerprint density at radius 1 is 0.878 bits per heavy atom. The number of aliphatic carboxylic acids is 1. The van der Waals surface area contributed by atoms with Gasteiger partial charge in [-0.1, -0.05) is 18.2 Å². The van der Waals surface area contributed by atoms with Crippen molar-refractivity contribution in [1.82, 2.24) is 5.32 Å². The van der Waals surface area contributed by atoms with E-state index in [1.807, 2.05) is 18.2 Å². The quantitative estimate of drug-likeness (QED) is 0.0862. The van der Waals surface area contributed by atoms with Crippen LogP contribution in [0.15, 0.2) is 35.3 Å². The number of nitrogens with zero attached hydrogens (tertiary/aromatic N) is 1. The van der Waals surface area contributed by atoms with Gasteiger partial charge >= 0.3 is 5.97 Å². The van der Waals surface area contributed by atoms with Crippen molar-refractivity contribution in [3.8, 4) is 23.0 Å². The number of guanidine groups is 1. The molecule has 0 aromatic heterocycles. The fraction of sp³-hybridized carbons (Fsp3) is 0.357. The van der Waals surface area contributed by atoms with Gasteiger partial charge in [-0.2, -0.15) is 0 Å². The summed E-state index contributed by atoms with van der Waals surface area (Å²) >= 11 is 0. The lowest BCUT2D eigenvalue weighted by Crippen LogP contribution is -2.41. The summed E-state index contributed by atoms with van der Waals surface area (Å²) in [5.41, 5.74) is 12.5. The first-order valence-corrected chi connectivity index (χ1v) is 12.6. The Morgan fingerprint density at radius 3 is 2.05 bits per heavy atom. The van der Waals surface area contributed by atoms with Crippen LogP contribution in [0.5, 0.6) is 23.0 Å². The Bertz CT molecular complexity index is 1250. The number of hydrogen-bond acceptors (Lipinski definition) is 8. The molecular formula is C28H37N5O8. The number of methoxy groups -OCH3 is 4. The van der Waals surface area contributed by atoms with Crippen LogP contribution in [0.4, 0.5) is 5.69 Å². The standard InChI is InChI=1S/C28H37N5O8/c1-38-21-10-9-17(7-8-18-15-22(39-2)26(41-4)23(16-18)40-3)14-20(21)33-25(35)12-11-24(34)32-19(27(36)37)6-5-13-31-28(29)30/h7-10,14-16,19H,5-6,11-13H2,1-4H3,(H,32,34)(H,33,35)(H,36,37)(H4,29,30,31)/b8-7-/t19-/m0/s1. The second kappa shape index (κ2) is 16.2. The van der Waals surface area contributed by atoms with Crippen LogP contribution in [0.1, 0.15) is 36.8 Å². The lowest BCUT2D eigenvalue weighted by atomic mass is 10.1. The molecule has 7 N–H and O–H groups in total. The van der Waals surface area contributed by atoms with Crippen LogP contribution < -0.4 is 41.0 Å². The third-order valence-corrected chi connectivity index (χ3v) is 5.81. The van der Waals surface area contributed by atoms with Crippen molar-refractivity contribution in [2.45, 2.75) is 31.7 Å². The maximum absolute atomic E-state index is 12.6. The summed E-state index contributed by atoms with van der Waals surface area (Å²) in [5.74, 6) is -0.349. The monoisotopic (exact) mass is 571 g/mol. The van der Waals surface area contributed by atoms with Gasteiger partial charge in [0.05, 0.1) is 34.1 Å². The second-order valence-corrected chi connectivity index (χ2v) is 8.71. The van der Waals surface area contributed by atoms with Crippen LogP contribution in [0.3, 0.4) is 0 Å². The van der Waals surface area contributed by atoms with Crippen molar-refractivity contribution in [2.75, 3.05) is 40.3 Å². The van der Waals surface area contributed by atoms with Gasteiger partial charge < -0.3 is 46.2 Å². The lowest BCUT2D eigenvalue weighted by molar-refractivity contribution is -0.142. The topological polar surface area (TPSA) is 197 Å². The molecule has 0 heterocycles. The van der Waals surface area contributed by atoms with Crippen LogP contribution >= 0.6 is 0 Å². The molecule has 0 bridgehead atoms. The van der Waals surface area contributed by atoms with E-state index in [1.54, 1.807) is 24.3 Å². The molecule has 0 aliphatic rings. The number of nitrogens with two attached hydrogens (primary N) is 2. The average molecular weight is 572 g/mol. The molecule has 0 aliphatic heterocycles. The first kappa shape index (κ1) is 32.3. The van der Waals surface area contributed by atoms with E-state index in [0.717, 1.165) is 11.1 Å². The van der Waals surface area contributed by atoms with E-state index in [-0.39, 0.29) is 31.8 Å². The van der Waals surface area contributed by atoms with Crippen LogP contribution in [0, 0.1) is 0 Å². The number of carbonyl (C=O) groups is 3. The number of carbonyl (C=O) groups excluding carboxylic acids is 2. The lowest BCUT2D eigenvalue weighted by Gasteiger charge is -2.14. The zero-order valence-electron chi connectivity index (χ0n) is 23.6. The number of carboxylic acid groups (broad SMARTS) is 1. The van der Waals surface area contributed by atoms with Crippen molar-refractivity contribution in [1.29, 1.82) is 0 Å². The van der Waals surface area contributed by atoms with Gasteiger partial charge in [-0.25, -0.2) is 4.79 Å². The molecule has 0 aliphatic carbocycles. The summed E-state index contributed by atoms with van der Waals surface area (Å²) in [6.07, 6.45) is 3.81. The number of aliphatic imine (C=N–C) groups is 1. The smallest absolute Gasteiger partial charge is 0.326 e. The highest BCUT2D eigenvalue weighted by Crippen LogP contribution is 2.38. The van der Waals surface area contributed by atoms with Crippen LogP contribution in [0.2, 0.25) is 0 Å². The van der Waals surface area contributed by atoms with Gasteiger partial charge in [0.25, 0.3) is 0 Å². The molecule has 0 radical (unpaired) electrons. The molecule has 2 aromatic rings. The first-order valence-electron chi connectivity index (χ1n) is 12.6. The Labute approximate surface area is 238 Å². The third kappa shape index (κ3) is 10.3. The summed E-state index contributed by atoms with van der Waals surface area (Å²) < 4.78 is 21.5. The van der Waals surface area contributed by atoms with E-state index in [2.05, 4.69) is 15.6 Å². The number of nitrogens with one attached hydrogen (secondary N) is 2. The molecule has 0 fully saturated rings. The zero-order chi connectivity index (χ0) is 30.4. The largest absolute Gasteiger partial charge is 0.495 e. The number of hydrogen-bond donors (Lipinski definition) is 5. The summed E-state index contributed by atoms with van der Waals surface area (Å²) in [5, 5.41) is 14.5. The molecule has 13 heteroatoms. The predicted molar refractivity (Wildman–Crippen MR) is 155 cm³/mol. The van der Waals surface area contributed by atoms with Crippen molar-refractivity contribution in [3.63, 3.8) is 0 Å². The van der Waals surface area contributed by atoms with Crippen LogP contribution in [-0.2, 0) is 14.4 Å². The Kier molecular flexibility index (Phi) is 12.8. The fourth-order valence-electron chi connectivity index (χ4n) is 3.78. The normalized spacial score (nSPS) is 11.3. The van der Waals surface area contributed by atoms with Gasteiger partial charge in [0, 0.05) is 19.4 Å². The van der Waals surface area contributed by atoms with E-state index in [9.17, 15) is 19.5 Å². The average Bonchev–Trinajstić information content (AvgIpc) is 2.95. The number of benzene rings is 2. The maximum Gasteiger partial charge on any atom is 0.326 e. The minimum Gasteiger partial charge on any atom is -0.495 e. The summed E-state index contributed by atoms with van der Waals surface area (Å²) in [6.45, 7) is 0.239. The van der Waals surface area contributed by atoms with Crippen molar-refractivity contribution < 1.29 is 38.4 Å². The summed E-state index contributed by atoms with van der Waals surface area (Å²) in [4.78, 5) is 40.2. The van der Waals surface area contributed by atoms with E-state index < -0.39 is 23.8 Å². The van der Waals surface area contributed by atoms with Gasteiger partial charge in [0.15, 0.2) is 17.5 Å². The number of carboxylic acids is 1. The van der Waals surface area contributed by atoms with E-state index >= 15 is 0 Å². The molecule has 2 aromatic carbocycles. The minimum atomic E-state index is -1.19. The first-order chi connectivity index (χ1) is 19.6. The molecular weight excluding hydrogens is 534 g/mol. The molecule has 0 saturated carbocycles. The van der Waals surface area contributed by atoms with E-state index in [4.69, 9.17) is 30.4 Å². The van der Waals surface area contributed by atoms with Crippen LogP contribution in [-0.4, -0.2) is 69.9 Å². The molecule has 2 rings (SSSR count). The Hall–Kier alpha value is -4.94. The van der Waals surface area contributed by atoms with Crippen molar-refractivity contribution in [3.05, 3.63) is 41.5 Å². The van der Waals surface area contributed by atoms with Gasteiger partial charge in [-0.3, -0.25) is 14.6 Å². The number of rotatable bonds is 16. The number of anilines is 1. The molecule has 1 atom stereocenters. The molecule has 2 amide bonds. The molecule has 41 heavy (non-hydrogen) atoms. The molecule has 0 unspecified atom stereocenters. The van der Waals surface area contributed by atoms with Gasteiger partial charge in [-0.15, -0.1) is 0 Å². The molecule has 0 spiro atoms. The van der Waals surface area contributed by atoms with Gasteiger partial charge in [0.1, 0.15) is 11.8 Å². The highest BCUT2D eigenvalue weighted by atomic mass is 16.5. The number of amides is 2. The molecule has 13 nitrogen and oxygen atoms in total. The van der Waals surface area contributed by atoms with Crippen LogP contribution in [0.25, 0.3) is 12.2 Å². The SMILES string of the molecule is COc1ccc(/C=C\c2cc(OC)c(OC)c(OC)c2)cc1NC(=O)CCC(=O)N[C@@H](CCCN=C(N)N)C(=O)O.